The van der Waals surface area contributed by atoms with Gasteiger partial charge in [0.05, 0.1) is 0 Å². The zero-order valence-corrected chi connectivity index (χ0v) is 27.9. The molecule has 46 heavy (non-hydrogen) atoms. The number of rotatable bonds is 22. The second kappa shape index (κ2) is 19.6. The van der Waals surface area contributed by atoms with Crippen LogP contribution in [0.5, 0.6) is 11.5 Å². The lowest BCUT2D eigenvalue weighted by Crippen LogP contribution is -2.28. The Morgan fingerprint density at radius 2 is 0.826 bits per heavy atom. The van der Waals surface area contributed by atoms with Crippen LogP contribution in [0.15, 0.2) is 97.1 Å². The van der Waals surface area contributed by atoms with Crippen LogP contribution in [0.3, 0.4) is 0 Å². The number of carbonyl (C=O) groups is 2. The Bertz CT molecular complexity index is 1350. The van der Waals surface area contributed by atoms with Gasteiger partial charge in [-0.15, -0.1) is 0 Å². The van der Waals surface area contributed by atoms with E-state index in [2.05, 4.69) is 13.8 Å². The zero-order valence-electron chi connectivity index (χ0n) is 27.9. The van der Waals surface area contributed by atoms with Gasteiger partial charge in [-0.1, -0.05) is 163 Å². The first-order valence-electron chi connectivity index (χ1n) is 17.7. The van der Waals surface area contributed by atoms with Crippen LogP contribution in [0.2, 0.25) is 0 Å². The molecule has 0 amide bonds. The molecule has 4 nitrogen and oxygen atoms in total. The highest BCUT2D eigenvalue weighted by atomic mass is 16.5. The molecule has 0 fully saturated rings. The van der Waals surface area contributed by atoms with E-state index in [1.165, 1.54) is 51.4 Å². The molecule has 0 bridgehead atoms. The second-order valence-corrected chi connectivity index (χ2v) is 12.4. The summed E-state index contributed by atoms with van der Waals surface area (Å²) in [7, 11) is 0. The topological polar surface area (TPSA) is 52.6 Å². The predicted molar refractivity (Wildman–Crippen MR) is 190 cm³/mol. The summed E-state index contributed by atoms with van der Waals surface area (Å²) >= 11 is 0. The van der Waals surface area contributed by atoms with Crippen LogP contribution in [0.4, 0.5) is 0 Å². The summed E-state index contributed by atoms with van der Waals surface area (Å²) in [6, 6.07) is 30.7. The Labute approximate surface area is 276 Å². The monoisotopic (exact) mass is 620 g/mol. The summed E-state index contributed by atoms with van der Waals surface area (Å²) in [5.41, 5.74) is 1.33. The molecule has 0 aliphatic carbocycles. The minimum atomic E-state index is -0.580. The maximum absolute atomic E-state index is 13.7. The molecule has 0 spiro atoms. The average Bonchev–Trinajstić information content (AvgIpc) is 3.10. The van der Waals surface area contributed by atoms with Gasteiger partial charge in [-0.25, -0.2) is 0 Å². The van der Waals surface area contributed by atoms with Crippen LogP contribution in [0.25, 0.3) is 10.8 Å². The number of hydrogen-bond donors (Lipinski definition) is 0. The Hall–Kier alpha value is -3.92. The Morgan fingerprint density at radius 3 is 1.22 bits per heavy atom. The molecule has 0 aromatic heterocycles. The molecule has 0 aliphatic rings. The van der Waals surface area contributed by atoms with E-state index in [1.54, 1.807) is 0 Å². The van der Waals surface area contributed by atoms with E-state index in [9.17, 15) is 9.59 Å². The summed E-state index contributed by atoms with van der Waals surface area (Å²) in [5, 5.41) is 1.75. The van der Waals surface area contributed by atoms with E-state index < -0.39 is 12.2 Å². The van der Waals surface area contributed by atoms with E-state index in [-0.39, 0.29) is 11.6 Å². The molecule has 0 aliphatic heterocycles. The van der Waals surface area contributed by atoms with Crippen molar-refractivity contribution in [2.45, 2.75) is 116 Å². The molecule has 2 unspecified atom stereocenters. The molecule has 0 radical (unpaired) electrons. The number of unbranched alkanes of at least 4 members (excludes halogenated alkanes) is 10. The highest BCUT2D eigenvalue weighted by Crippen LogP contribution is 2.35. The van der Waals surface area contributed by atoms with Gasteiger partial charge in [-0.3, -0.25) is 9.59 Å². The van der Waals surface area contributed by atoms with E-state index in [4.69, 9.17) is 9.47 Å². The Balaban J connectivity index is 1.55. The predicted octanol–water partition coefficient (Wildman–Crippen LogP) is 11.6. The molecule has 0 saturated carbocycles. The van der Waals surface area contributed by atoms with Crippen LogP contribution in [0, 0.1) is 0 Å². The highest BCUT2D eigenvalue weighted by molar-refractivity contribution is 6.01. The number of hydrogen-bond acceptors (Lipinski definition) is 4. The van der Waals surface area contributed by atoms with Gasteiger partial charge in [0.15, 0.2) is 12.2 Å². The maximum Gasteiger partial charge on any atom is 0.203 e. The van der Waals surface area contributed by atoms with Crippen LogP contribution in [-0.4, -0.2) is 23.8 Å². The first-order chi connectivity index (χ1) is 22.6. The normalized spacial score (nSPS) is 12.5. The third-order valence-electron chi connectivity index (χ3n) is 8.72. The van der Waals surface area contributed by atoms with Crippen molar-refractivity contribution in [1.82, 2.24) is 0 Å². The maximum atomic E-state index is 13.7. The van der Waals surface area contributed by atoms with E-state index in [1.807, 2.05) is 97.1 Å². The molecule has 4 heteroatoms. The fraction of sp³-hybridized carbons (Fsp3) is 0.429. The molecule has 4 rings (SSSR count). The summed E-state index contributed by atoms with van der Waals surface area (Å²) in [4.78, 5) is 27.3. The SMILES string of the molecule is CCCCCCCCC(Oc1cccc2c(OC(CCCCCCCC)C(=O)c3ccccc3)cccc12)C(=O)c1ccccc1. The van der Waals surface area contributed by atoms with Crippen molar-refractivity contribution in [2.75, 3.05) is 0 Å². The summed E-state index contributed by atoms with van der Waals surface area (Å²) < 4.78 is 13.2. The van der Waals surface area contributed by atoms with Crippen molar-refractivity contribution in [2.24, 2.45) is 0 Å². The molecule has 4 aromatic rings. The summed E-state index contributed by atoms with van der Waals surface area (Å²) in [6.07, 6.45) is 14.0. The molecule has 0 heterocycles. The lowest BCUT2D eigenvalue weighted by Gasteiger charge is -2.22. The fourth-order valence-corrected chi connectivity index (χ4v) is 6.05. The summed E-state index contributed by atoms with van der Waals surface area (Å²) in [5.74, 6) is 1.33. The van der Waals surface area contributed by atoms with Gasteiger partial charge in [0.1, 0.15) is 11.5 Å². The Kier molecular flexibility index (Phi) is 14.9. The molecule has 244 valence electrons. The number of ether oxygens (including phenoxy) is 2. The molecule has 0 saturated heterocycles. The molecule has 4 aromatic carbocycles. The van der Waals surface area contributed by atoms with E-state index in [0.29, 0.717) is 35.5 Å². The van der Waals surface area contributed by atoms with E-state index in [0.717, 1.165) is 36.5 Å². The number of ketones is 2. The first-order valence-corrected chi connectivity index (χ1v) is 17.7. The first kappa shape index (κ1) is 34.9. The fourth-order valence-electron chi connectivity index (χ4n) is 6.05. The minimum Gasteiger partial charge on any atom is -0.482 e. The van der Waals surface area contributed by atoms with Crippen LogP contribution >= 0.6 is 0 Å². The van der Waals surface area contributed by atoms with Crippen molar-refractivity contribution in [1.29, 1.82) is 0 Å². The smallest absolute Gasteiger partial charge is 0.203 e. The summed E-state index contributed by atoms with van der Waals surface area (Å²) in [6.45, 7) is 4.44. The minimum absolute atomic E-state index is 0.00558. The third-order valence-corrected chi connectivity index (χ3v) is 8.72. The number of benzene rings is 4. The largest absolute Gasteiger partial charge is 0.482 e. The van der Waals surface area contributed by atoms with Crippen LogP contribution < -0.4 is 9.47 Å². The van der Waals surface area contributed by atoms with Gasteiger partial charge in [-0.2, -0.15) is 0 Å². The highest BCUT2D eigenvalue weighted by Gasteiger charge is 2.25. The van der Waals surface area contributed by atoms with Crippen molar-refractivity contribution in [3.05, 3.63) is 108 Å². The molecular formula is C42H52O4. The quantitative estimate of drug-likeness (QED) is 0.0648. The van der Waals surface area contributed by atoms with Crippen molar-refractivity contribution in [3.63, 3.8) is 0 Å². The van der Waals surface area contributed by atoms with Gasteiger partial charge in [0, 0.05) is 21.9 Å². The van der Waals surface area contributed by atoms with Gasteiger partial charge in [0.2, 0.25) is 11.6 Å². The number of Topliss-reactive ketones (excluding diaryl/α,β-unsaturated/α-hetero) is 2. The van der Waals surface area contributed by atoms with Gasteiger partial charge in [-0.05, 0) is 37.8 Å². The number of fused-ring (bicyclic) bond motifs is 1. The van der Waals surface area contributed by atoms with Crippen LogP contribution in [-0.2, 0) is 0 Å². The van der Waals surface area contributed by atoms with Gasteiger partial charge >= 0.3 is 0 Å². The van der Waals surface area contributed by atoms with Crippen molar-refractivity contribution >= 4 is 22.3 Å². The third kappa shape index (κ3) is 10.6. The van der Waals surface area contributed by atoms with Crippen molar-refractivity contribution < 1.29 is 19.1 Å². The second-order valence-electron chi connectivity index (χ2n) is 12.4. The zero-order chi connectivity index (χ0) is 32.4. The average molecular weight is 621 g/mol. The lowest BCUT2D eigenvalue weighted by atomic mass is 9.99. The van der Waals surface area contributed by atoms with E-state index >= 15 is 0 Å². The molecule has 2 atom stereocenters. The molecule has 0 N–H and O–H groups in total. The standard InChI is InChI=1S/C42H52O4/c1-3-5-7-9-11-19-29-39(41(43)33-23-15-13-16-24-33)45-37-31-21-28-36-35(37)27-22-32-38(36)46-40(30-20-12-10-8-6-4-2)42(44)34-25-17-14-18-26-34/h13-18,21-28,31-32,39-40H,3-12,19-20,29-30H2,1-2H3. The number of carbonyl (C=O) groups excluding carboxylic acids is 2. The van der Waals surface area contributed by atoms with Gasteiger partial charge in [0.25, 0.3) is 0 Å². The van der Waals surface area contributed by atoms with Gasteiger partial charge < -0.3 is 9.47 Å². The van der Waals surface area contributed by atoms with Crippen LogP contribution in [0.1, 0.15) is 124 Å². The Morgan fingerprint density at radius 1 is 0.457 bits per heavy atom. The van der Waals surface area contributed by atoms with Crippen molar-refractivity contribution in [3.8, 4) is 11.5 Å². The molecular weight excluding hydrogens is 568 g/mol. The lowest BCUT2D eigenvalue weighted by molar-refractivity contribution is 0.0769.